The minimum absolute atomic E-state index is 0.0991. The summed E-state index contributed by atoms with van der Waals surface area (Å²) in [5.74, 6) is 1.36. The van der Waals surface area contributed by atoms with Crippen LogP contribution in [0.2, 0.25) is 5.02 Å². The minimum atomic E-state index is 0.0991. The fourth-order valence-electron chi connectivity index (χ4n) is 2.22. The van der Waals surface area contributed by atoms with Gasteiger partial charge in [0, 0.05) is 30.3 Å². The van der Waals surface area contributed by atoms with E-state index in [4.69, 9.17) is 26.2 Å². The SMILES string of the molecule is COc1cc(OC)c(C(C)NC(C)CCCO)cc1Cl. The summed E-state index contributed by atoms with van der Waals surface area (Å²) in [5.41, 5.74) is 0.995. The molecule has 0 radical (unpaired) electrons. The lowest BCUT2D eigenvalue weighted by atomic mass is 10.0. The van der Waals surface area contributed by atoms with Gasteiger partial charge in [-0.25, -0.2) is 0 Å². The van der Waals surface area contributed by atoms with Crippen LogP contribution in [0, 0.1) is 0 Å². The van der Waals surface area contributed by atoms with Crippen LogP contribution in [0.1, 0.15) is 38.3 Å². The largest absolute Gasteiger partial charge is 0.496 e. The van der Waals surface area contributed by atoms with Gasteiger partial charge in [0.25, 0.3) is 0 Å². The fourth-order valence-corrected chi connectivity index (χ4v) is 2.47. The molecular weight excluding hydrogens is 278 g/mol. The highest BCUT2D eigenvalue weighted by molar-refractivity contribution is 6.32. The second-order valence-electron chi connectivity index (χ2n) is 4.88. The van der Waals surface area contributed by atoms with E-state index in [-0.39, 0.29) is 12.6 Å². The second kappa shape index (κ2) is 8.35. The third kappa shape index (κ3) is 4.54. The van der Waals surface area contributed by atoms with Crippen LogP contribution in [0.4, 0.5) is 0 Å². The van der Waals surface area contributed by atoms with Crippen molar-refractivity contribution in [1.29, 1.82) is 0 Å². The van der Waals surface area contributed by atoms with Crippen LogP contribution in [0.25, 0.3) is 0 Å². The molecule has 114 valence electrons. The molecule has 0 saturated carbocycles. The number of methoxy groups -OCH3 is 2. The Bertz CT molecular complexity index is 426. The molecule has 0 bridgehead atoms. The number of rotatable bonds is 8. The Labute approximate surface area is 126 Å². The van der Waals surface area contributed by atoms with Crippen molar-refractivity contribution in [2.45, 2.75) is 38.8 Å². The molecule has 0 saturated heterocycles. The Balaban J connectivity index is 2.86. The van der Waals surface area contributed by atoms with Crippen LogP contribution >= 0.6 is 11.6 Å². The Hall–Kier alpha value is -0.970. The third-order valence-corrected chi connectivity index (χ3v) is 3.60. The molecule has 0 heterocycles. The van der Waals surface area contributed by atoms with E-state index in [0.717, 1.165) is 24.2 Å². The average Bonchev–Trinajstić information content (AvgIpc) is 2.44. The van der Waals surface area contributed by atoms with E-state index in [1.165, 1.54) is 0 Å². The number of ether oxygens (including phenoxy) is 2. The summed E-state index contributed by atoms with van der Waals surface area (Å²) in [7, 11) is 3.22. The van der Waals surface area contributed by atoms with Crippen molar-refractivity contribution in [2.75, 3.05) is 20.8 Å². The van der Waals surface area contributed by atoms with Crippen LogP contribution in [-0.4, -0.2) is 32.0 Å². The quantitative estimate of drug-likeness (QED) is 0.774. The molecule has 1 aromatic carbocycles. The summed E-state index contributed by atoms with van der Waals surface area (Å²) < 4.78 is 10.6. The molecule has 1 rings (SSSR count). The first-order valence-electron chi connectivity index (χ1n) is 6.81. The van der Waals surface area contributed by atoms with Crippen LogP contribution in [0.3, 0.4) is 0 Å². The van der Waals surface area contributed by atoms with Crippen molar-refractivity contribution in [3.05, 3.63) is 22.7 Å². The van der Waals surface area contributed by atoms with Gasteiger partial charge in [0.15, 0.2) is 0 Å². The Kier molecular flexibility index (Phi) is 7.13. The summed E-state index contributed by atoms with van der Waals surface area (Å²) in [6.07, 6.45) is 1.72. The van der Waals surface area contributed by atoms with E-state index < -0.39 is 0 Å². The van der Waals surface area contributed by atoms with Gasteiger partial charge in [-0.15, -0.1) is 0 Å². The van der Waals surface area contributed by atoms with Gasteiger partial charge < -0.3 is 19.9 Å². The van der Waals surface area contributed by atoms with E-state index >= 15 is 0 Å². The first kappa shape index (κ1) is 17.1. The monoisotopic (exact) mass is 301 g/mol. The molecule has 5 heteroatoms. The maximum Gasteiger partial charge on any atom is 0.141 e. The van der Waals surface area contributed by atoms with Crippen molar-refractivity contribution in [3.63, 3.8) is 0 Å². The normalized spacial score (nSPS) is 13.9. The number of nitrogens with one attached hydrogen (secondary N) is 1. The Morgan fingerprint density at radius 3 is 2.40 bits per heavy atom. The van der Waals surface area contributed by atoms with Gasteiger partial charge >= 0.3 is 0 Å². The number of hydrogen-bond donors (Lipinski definition) is 2. The molecule has 1 aromatic rings. The van der Waals surface area contributed by atoms with Gasteiger partial charge in [-0.3, -0.25) is 0 Å². The first-order valence-corrected chi connectivity index (χ1v) is 7.19. The van der Waals surface area contributed by atoms with Gasteiger partial charge in [-0.05, 0) is 32.8 Å². The fraction of sp³-hybridized carbons (Fsp3) is 0.600. The van der Waals surface area contributed by atoms with Gasteiger partial charge in [-0.2, -0.15) is 0 Å². The molecule has 2 atom stereocenters. The van der Waals surface area contributed by atoms with Crippen molar-refractivity contribution < 1.29 is 14.6 Å². The van der Waals surface area contributed by atoms with Gasteiger partial charge in [-0.1, -0.05) is 11.6 Å². The summed E-state index contributed by atoms with van der Waals surface area (Å²) >= 11 is 6.18. The zero-order valence-corrected chi connectivity index (χ0v) is 13.3. The van der Waals surface area contributed by atoms with Crippen LogP contribution < -0.4 is 14.8 Å². The summed E-state index contributed by atoms with van der Waals surface area (Å²) in [6, 6.07) is 4.08. The summed E-state index contributed by atoms with van der Waals surface area (Å²) in [5, 5.41) is 12.9. The maximum absolute atomic E-state index is 8.86. The molecule has 0 spiro atoms. The molecule has 0 fully saturated rings. The highest BCUT2D eigenvalue weighted by Gasteiger charge is 2.16. The van der Waals surface area contributed by atoms with Gasteiger partial charge in [0.05, 0.1) is 19.2 Å². The van der Waals surface area contributed by atoms with Crippen LogP contribution in [0.15, 0.2) is 12.1 Å². The summed E-state index contributed by atoms with van der Waals surface area (Å²) in [4.78, 5) is 0. The standard InChI is InChI=1S/C15H24ClNO3/c1-10(6-5-7-18)17-11(2)12-8-13(16)15(20-4)9-14(12)19-3/h8-11,17-18H,5-7H2,1-4H3. The molecule has 0 aromatic heterocycles. The van der Waals surface area contributed by atoms with Crippen LogP contribution in [0.5, 0.6) is 11.5 Å². The predicted octanol–water partition coefficient (Wildman–Crippen LogP) is 3.17. The molecular formula is C15H24ClNO3. The first-order chi connectivity index (χ1) is 9.53. The highest BCUT2D eigenvalue weighted by Crippen LogP contribution is 2.35. The molecule has 0 amide bonds. The minimum Gasteiger partial charge on any atom is -0.496 e. The van der Waals surface area contributed by atoms with Crippen molar-refractivity contribution >= 4 is 11.6 Å². The number of benzene rings is 1. The predicted molar refractivity (Wildman–Crippen MR) is 81.9 cm³/mol. The van der Waals surface area contributed by atoms with Crippen molar-refractivity contribution in [2.24, 2.45) is 0 Å². The molecule has 2 unspecified atom stereocenters. The van der Waals surface area contributed by atoms with Gasteiger partial charge in [0.1, 0.15) is 11.5 Å². The molecule has 0 aliphatic heterocycles. The number of aliphatic hydroxyl groups is 1. The highest BCUT2D eigenvalue weighted by atomic mass is 35.5. The number of aliphatic hydroxyl groups excluding tert-OH is 1. The van der Waals surface area contributed by atoms with E-state index in [1.54, 1.807) is 20.3 Å². The summed E-state index contributed by atoms with van der Waals surface area (Å²) in [6.45, 7) is 4.39. The topological polar surface area (TPSA) is 50.7 Å². The van der Waals surface area contributed by atoms with Crippen molar-refractivity contribution in [1.82, 2.24) is 5.32 Å². The smallest absolute Gasteiger partial charge is 0.141 e. The van der Waals surface area contributed by atoms with Crippen molar-refractivity contribution in [3.8, 4) is 11.5 Å². The average molecular weight is 302 g/mol. The van der Waals surface area contributed by atoms with E-state index in [1.807, 2.05) is 6.07 Å². The number of hydrogen-bond acceptors (Lipinski definition) is 4. The Morgan fingerprint density at radius 1 is 1.20 bits per heavy atom. The third-order valence-electron chi connectivity index (χ3n) is 3.30. The maximum atomic E-state index is 8.86. The van der Waals surface area contributed by atoms with Gasteiger partial charge in [0.2, 0.25) is 0 Å². The van der Waals surface area contributed by atoms with E-state index in [9.17, 15) is 0 Å². The lowest BCUT2D eigenvalue weighted by Crippen LogP contribution is -2.29. The van der Waals surface area contributed by atoms with E-state index in [0.29, 0.717) is 16.8 Å². The molecule has 20 heavy (non-hydrogen) atoms. The second-order valence-corrected chi connectivity index (χ2v) is 5.29. The number of halogens is 1. The molecule has 0 aliphatic carbocycles. The molecule has 4 nitrogen and oxygen atoms in total. The molecule has 2 N–H and O–H groups in total. The zero-order valence-electron chi connectivity index (χ0n) is 12.6. The lowest BCUT2D eigenvalue weighted by molar-refractivity contribution is 0.274. The van der Waals surface area contributed by atoms with E-state index in [2.05, 4.69) is 19.2 Å². The zero-order chi connectivity index (χ0) is 15.1. The van der Waals surface area contributed by atoms with Crippen LogP contribution in [-0.2, 0) is 0 Å². The molecule has 0 aliphatic rings. The lowest BCUT2D eigenvalue weighted by Gasteiger charge is -2.22. The Morgan fingerprint density at radius 2 is 1.85 bits per heavy atom.